The number of rotatable bonds is 4. The molecule has 0 aromatic heterocycles. The fourth-order valence-corrected chi connectivity index (χ4v) is 2.48. The van der Waals surface area contributed by atoms with E-state index in [1.807, 2.05) is 0 Å². The van der Waals surface area contributed by atoms with Gasteiger partial charge in [-0.2, -0.15) is 0 Å². The molecule has 0 aromatic carbocycles. The van der Waals surface area contributed by atoms with Gasteiger partial charge in [-0.05, 0) is 26.2 Å². The Labute approximate surface area is 109 Å². The van der Waals surface area contributed by atoms with Gasteiger partial charge in [-0.3, -0.25) is 4.99 Å². The van der Waals surface area contributed by atoms with Crippen LogP contribution in [0.3, 0.4) is 0 Å². The first-order valence-electron chi connectivity index (χ1n) is 7.02. The minimum absolute atomic E-state index is 0.0559. The van der Waals surface area contributed by atoms with E-state index >= 15 is 0 Å². The predicted molar refractivity (Wildman–Crippen MR) is 71.4 cm³/mol. The molecule has 5 heteroatoms. The highest BCUT2D eigenvalue weighted by Gasteiger charge is 2.43. The molecule has 104 valence electrons. The Balaban J connectivity index is 1.76. The monoisotopic (exact) mass is 255 g/mol. The smallest absolute Gasteiger partial charge is 0.188 e. The molecule has 1 aliphatic carbocycles. The molecule has 0 amide bonds. The van der Waals surface area contributed by atoms with Crippen molar-refractivity contribution in [2.45, 2.75) is 63.9 Å². The summed E-state index contributed by atoms with van der Waals surface area (Å²) in [7, 11) is 0. The van der Waals surface area contributed by atoms with Gasteiger partial charge in [-0.25, -0.2) is 0 Å². The van der Waals surface area contributed by atoms with Gasteiger partial charge in [0.05, 0.1) is 13.2 Å². The SMILES string of the molecule is CCC(C)NC(N)=NCC1COC2(CCCC2)O1. The average Bonchev–Trinajstić information content (AvgIpc) is 2.98. The average molecular weight is 255 g/mol. The van der Waals surface area contributed by atoms with Gasteiger partial charge in [0.1, 0.15) is 6.10 Å². The molecule has 2 unspecified atom stereocenters. The summed E-state index contributed by atoms with van der Waals surface area (Å²) < 4.78 is 11.8. The van der Waals surface area contributed by atoms with Crippen molar-refractivity contribution in [3.05, 3.63) is 0 Å². The van der Waals surface area contributed by atoms with Gasteiger partial charge >= 0.3 is 0 Å². The molecular weight excluding hydrogens is 230 g/mol. The molecule has 1 heterocycles. The molecular formula is C13H25N3O2. The molecule has 18 heavy (non-hydrogen) atoms. The summed E-state index contributed by atoms with van der Waals surface area (Å²) in [5.74, 6) is 0.208. The van der Waals surface area contributed by atoms with E-state index in [-0.39, 0.29) is 11.9 Å². The van der Waals surface area contributed by atoms with Gasteiger partial charge in [0.15, 0.2) is 11.7 Å². The maximum absolute atomic E-state index is 5.98. The fourth-order valence-electron chi connectivity index (χ4n) is 2.48. The van der Waals surface area contributed by atoms with Gasteiger partial charge < -0.3 is 20.5 Å². The van der Waals surface area contributed by atoms with Crippen LogP contribution in [0.25, 0.3) is 0 Å². The summed E-state index contributed by atoms with van der Waals surface area (Å²) in [5.41, 5.74) is 5.82. The van der Waals surface area contributed by atoms with E-state index in [9.17, 15) is 0 Å². The Hall–Kier alpha value is -0.810. The number of nitrogens with one attached hydrogen (secondary N) is 1. The number of ether oxygens (including phenoxy) is 2. The lowest BCUT2D eigenvalue weighted by atomic mass is 10.2. The zero-order valence-corrected chi connectivity index (χ0v) is 11.4. The minimum Gasteiger partial charge on any atom is -0.370 e. The van der Waals surface area contributed by atoms with Crippen LogP contribution >= 0.6 is 0 Å². The number of nitrogens with zero attached hydrogens (tertiary/aromatic N) is 1. The minimum atomic E-state index is -0.293. The van der Waals surface area contributed by atoms with Gasteiger partial charge in [0.25, 0.3) is 0 Å². The van der Waals surface area contributed by atoms with Gasteiger partial charge in [0, 0.05) is 18.9 Å². The fraction of sp³-hybridized carbons (Fsp3) is 0.923. The molecule has 3 N–H and O–H groups in total. The molecule has 0 bridgehead atoms. The Morgan fingerprint density at radius 2 is 2.22 bits per heavy atom. The van der Waals surface area contributed by atoms with Crippen LogP contribution in [0, 0.1) is 0 Å². The number of nitrogens with two attached hydrogens (primary N) is 1. The van der Waals surface area contributed by atoms with E-state index in [2.05, 4.69) is 24.2 Å². The molecule has 1 spiro atoms. The lowest BCUT2D eigenvalue weighted by Crippen LogP contribution is -2.38. The first-order chi connectivity index (χ1) is 8.63. The first-order valence-corrected chi connectivity index (χ1v) is 7.02. The third-order valence-electron chi connectivity index (χ3n) is 3.75. The van der Waals surface area contributed by atoms with Crippen LogP contribution in [0.4, 0.5) is 0 Å². The lowest BCUT2D eigenvalue weighted by Gasteiger charge is -2.21. The topological polar surface area (TPSA) is 68.9 Å². The van der Waals surface area contributed by atoms with E-state index in [1.54, 1.807) is 0 Å². The van der Waals surface area contributed by atoms with E-state index < -0.39 is 0 Å². The highest BCUT2D eigenvalue weighted by molar-refractivity contribution is 5.78. The van der Waals surface area contributed by atoms with Crippen molar-refractivity contribution in [3.8, 4) is 0 Å². The Morgan fingerprint density at radius 3 is 2.89 bits per heavy atom. The molecule has 0 aromatic rings. The molecule has 2 rings (SSSR count). The lowest BCUT2D eigenvalue weighted by molar-refractivity contribution is -0.160. The first kappa shape index (κ1) is 13.6. The molecule has 2 atom stereocenters. The molecule has 5 nitrogen and oxygen atoms in total. The number of hydrogen-bond donors (Lipinski definition) is 2. The second kappa shape index (κ2) is 5.89. The third-order valence-corrected chi connectivity index (χ3v) is 3.75. The van der Waals surface area contributed by atoms with Gasteiger partial charge in [-0.15, -0.1) is 0 Å². The molecule has 0 radical (unpaired) electrons. The highest BCUT2D eigenvalue weighted by Crippen LogP contribution is 2.39. The third kappa shape index (κ3) is 3.36. The summed E-state index contributed by atoms with van der Waals surface area (Å²) in [6.45, 7) is 5.42. The zero-order chi connectivity index (χ0) is 13.0. The van der Waals surface area contributed by atoms with E-state index in [0.29, 0.717) is 25.2 Å². The van der Waals surface area contributed by atoms with Crippen molar-refractivity contribution >= 4 is 5.96 Å². The van der Waals surface area contributed by atoms with Gasteiger partial charge in [0.2, 0.25) is 0 Å². The normalized spacial score (nSPS) is 28.8. The van der Waals surface area contributed by atoms with Crippen LogP contribution in [0.2, 0.25) is 0 Å². The number of guanidine groups is 1. The Morgan fingerprint density at radius 1 is 1.50 bits per heavy atom. The Bertz CT molecular complexity index is 301. The molecule has 1 saturated carbocycles. The van der Waals surface area contributed by atoms with Crippen LogP contribution in [0.5, 0.6) is 0 Å². The van der Waals surface area contributed by atoms with Crippen molar-refractivity contribution < 1.29 is 9.47 Å². The second-order valence-electron chi connectivity index (χ2n) is 5.35. The van der Waals surface area contributed by atoms with Crippen molar-refractivity contribution in [1.29, 1.82) is 0 Å². The summed E-state index contributed by atoms with van der Waals surface area (Å²) in [6, 6.07) is 0.357. The number of hydrogen-bond acceptors (Lipinski definition) is 3. The Kier molecular flexibility index (Phi) is 4.45. The largest absolute Gasteiger partial charge is 0.370 e. The van der Waals surface area contributed by atoms with E-state index in [0.717, 1.165) is 19.3 Å². The van der Waals surface area contributed by atoms with Crippen molar-refractivity contribution in [2.75, 3.05) is 13.2 Å². The second-order valence-corrected chi connectivity index (χ2v) is 5.35. The molecule has 2 aliphatic rings. The van der Waals surface area contributed by atoms with E-state index in [1.165, 1.54) is 12.8 Å². The van der Waals surface area contributed by atoms with Crippen LogP contribution in [0.1, 0.15) is 46.0 Å². The summed E-state index contributed by atoms with van der Waals surface area (Å²) in [6.07, 6.45) is 5.53. The predicted octanol–water partition coefficient (Wildman–Crippen LogP) is 1.37. The van der Waals surface area contributed by atoms with Crippen molar-refractivity contribution in [3.63, 3.8) is 0 Å². The van der Waals surface area contributed by atoms with E-state index in [4.69, 9.17) is 15.2 Å². The molecule has 1 saturated heterocycles. The maximum Gasteiger partial charge on any atom is 0.188 e. The van der Waals surface area contributed by atoms with Crippen LogP contribution in [0.15, 0.2) is 4.99 Å². The van der Waals surface area contributed by atoms with Crippen molar-refractivity contribution in [2.24, 2.45) is 10.7 Å². The van der Waals surface area contributed by atoms with Crippen molar-refractivity contribution in [1.82, 2.24) is 5.32 Å². The quantitative estimate of drug-likeness (QED) is 0.588. The molecule has 2 fully saturated rings. The van der Waals surface area contributed by atoms with Gasteiger partial charge in [-0.1, -0.05) is 6.92 Å². The maximum atomic E-state index is 5.98. The molecule has 1 aliphatic heterocycles. The summed E-state index contributed by atoms with van der Waals surface area (Å²) in [5, 5.41) is 3.15. The summed E-state index contributed by atoms with van der Waals surface area (Å²) >= 11 is 0. The standard InChI is InChI=1S/C13H25N3O2/c1-3-10(2)16-12(14)15-8-11-9-17-13(18-11)6-4-5-7-13/h10-11H,3-9H2,1-2H3,(H3,14,15,16). The zero-order valence-electron chi connectivity index (χ0n) is 11.4. The summed E-state index contributed by atoms with van der Waals surface area (Å²) in [4.78, 5) is 4.33. The highest BCUT2D eigenvalue weighted by atomic mass is 16.7. The van der Waals surface area contributed by atoms with Crippen LogP contribution < -0.4 is 11.1 Å². The van der Waals surface area contributed by atoms with Crippen LogP contribution in [-0.2, 0) is 9.47 Å². The van der Waals surface area contributed by atoms with Crippen LogP contribution in [-0.4, -0.2) is 37.0 Å². The number of aliphatic imine (C=N–C) groups is 1.